The largest absolute Gasteiger partial charge is 0.492 e. The van der Waals surface area contributed by atoms with E-state index in [1.165, 1.54) is 12.3 Å². The molecule has 0 fully saturated rings. The summed E-state index contributed by atoms with van der Waals surface area (Å²) in [5.41, 5.74) is 1.82. The number of halogens is 2. The first-order valence-electron chi connectivity index (χ1n) is 9.65. The molecule has 0 amide bonds. The molecule has 0 bridgehead atoms. The summed E-state index contributed by atoms with van der Waals surface area (Å²) in [5.74, 6) is -0.360. The molecule has 1 aromatic carbocycles. The van der Waals surface area contributed by atoms with E-state index in [4.69, 9.17) is 21.1 Å². The molecule has 0 spiro atoms. The molecule has 0 saturated heterocycles. The number of hydrogen-bond donors (Lipinski definition) is 1. The van der Waals surface area contributed by atoms with Gasteiger partial charge in [-0.2, -0.15) is 0 Å². The summed E-state index contributed by atoms with van der Waals surface area (Å²) in [6.45, 7) is 5.27. The van der Waals surface area contributed by atoms with Crippen molar-refractivity contribution in [1.82, 2.24) is 4.57 Å². The van der Waals surface area contributed by atoms with Crippen LogP contribution in [-0.2, 0) is 11.2 Å². The zero-order chi connectivity index (χ0) is 22.4. The predicted molar refractivity (Wildman–Crippen MR) is 115 cm³/mol. The third-order valence-electron chi connectivity index (χ3n) is 5.05. The van der Waals surface area contributed by atoms with Gasteiger partial charge in [0.25, 0.3) is 0 Å². The van der Waals surface area contributed by atoms with Crippen LogP contribution in [-0.4, -0.2) is 43.1 Å². The van der Waals surface area contributed by atoms with Gasteiger partial charge in [0.05, 0.1) is 24.5 Å². The van der Waals surface area contributed by atoms with E-state index in [9.17, 15) is 19.1 Å². The van der Waals surface area contributed by atoms with E-state index >= 15 is 0 Å². The van der Waals surface area contributed by atoms with Gasteiger partial charge in [0.2, 0.25) is 0 Å². The Labute approximate surface area is 180 Å². The number of carboxylic acid groups (broad SMARTS) is 1. The van der Waals surface area contributed by atoms with Gasteiger partial charge in [0.15, 0.2) is 5.43 Å². The highest BCUT2D eigenvalue weighted by Gasteiger charge is 2.29. The smallest absolute Gasteiger partial charge is 0.341 e. The fourth-order valence-corrected chi connectivity index (χ4v) is 3.80. The molecule has 1 N–H and O–H groups in total. The molecule has 6 nitrogen and oxygen atoms in total. The third kappa shape index (κ3) is 5.02. The highest BCUT2D eigenvalue weighted by atomic mass is 35.5. The number of aromatic carboxylic acids is 1. The minimum atomic E-state index is -1.22. The highest BCUT2D eigenvalue weighted by Crippen LogP contribution is 2.41. The Balaban J connectivity index is 0.00000155. The molecule has 0 aliphatic carbocycles. The number of ether oxygens (including phenoxy) is 2. The maximum Gasteiger partial charge on any atom is 0.341 e. The second-order valence-corrected chi connectivity index (χ2v) is 7.71. The van der Waals surface area contributed by atoms with Crippen LogP contribution < -0.4 is 10.2 Å². The molecule has 0 radical (unpaired) electrons. The van der Waals surface area contributed by atoms with Crippen LogP contribution in [0, 0.1) is 5.92 Å². The van der Waals surface area contributed by atoms with E-state index in [0.29, 0.717) is 43.3 Å². The highest BCUT2D eigenvalue weighted by molar-refractivity contribution is 6.32. The average Bonchev–Trinajstić information content (AvgIpc) is 2.72. The fourth-order valence-electron chi connectivity index (χ4n) is 3.58. The van der Waals surface area contributed by atoms with Crippen LogP contribution in [0.15, 0.2) is 29.2 Å². The van der Waals surface area contributed by atoms with Gasteiger partial charge in [0.1, 0.15) is 11.3 Å². The average molecular weight is 440 g/mol. The molecule has 3 rings (SSSR count). The normalized spacial score (nSPS) is 14.4. The minimum absolute atomic E-state index is 0.0312. The SMILES string of the molecule is CF.COCCCOc1cc2c(cc1Cl)-c1cc(=O)c(C(=O)O)cn1C(C(C)C)C2. The minimum Gasteiger partial charge on any atom is -0.492 e. The summed E-state index contributed by atoms with van der Waals surface area (Å²) in [6.07, 6.45) is 2.92. The standard InChI is InChI=1S/C21H24ClNO5.CH3F/c1-12(2)17-7-13-8-20(28-6-4-5-27-3)16(22)9-14(13)18-10-19(24)15(21(25)26)11-23(17)18;1-2/h8-12,17H,4-7H2,1-3H3,(H,25,26);1H3. The van der Waals surface area contributed by atoms with Crippen LogP contribution in [0.3, 0.4) is 0 Å². The third-order valence-corrected chi connectivity index (χ3v) is 5.35. The van der Waals surface area contributed by atoms with E-state index in [1.54, 1.807) is 13.2 Å². The van der Waals surface area contributed by atoms with Crippen molar-refractivity contribution < 1.29 is 23.8 Å². The topological polar surface area (TPSA) is 77.8 Å². The van der Waals surface area contributed by atoms with Gasteiger partial charge in [-0.05, 0) is 30.0 Å². The molecule has 1 atom stereocenters. The lowest BCUT2D eigenvalue weighted by Crippen LogP contribution is -2.28. The Bertz CT molecular complexity index is 957. The Morgan fingerprint density at radius 1 is 1.30 bits per heavy atom. The maximum atomic E-state index is 12.3. The van der Waals surface area contributed by atoms with E-state index in [1.807, 2.05) is 10.6 Å². The van der Waals surface area contributed by atoms with Crippen molar-refractivity contribution in [2.24, 2.45) is 5.92 Å². The number of rotatable bonds is 7. The molecule has 1 unspecified atom stereocenters. The van der Waals surface area contributed by atoms with E-state index in [-0.39, 0.29) is 17.5 Å². The van der Waals surface area contributed by atoms with Gasteiger partial charge in [0, 0.05) is 44.0 Å². The monoisotopic (exact) mass is 439 g/mol. The molecule has 1 aromatic heterocycles. The molecule has 2 aromatic rings. The quantitative estimate of drug-likeness (QED) is 0.637. The second kappa shape index (κ2) is 10.6. The van der Waals surface area contributed by atoms with E-state index in [0.717, 1.165) is 17.5 Å². The van der Waals surface area contributed by atoms with Crippen LogP contribution in [0.5, 0.6) is 5.75 Å². The number of benzene rings is 1. The van der Waals surface area contributed by atoms with E-state index < -0.39 is 11.4 Å². The summed E-state index contributed by atoms with van der Waals surface area (Å²) in [7, 11) is 2.15. The van der Waals surface area contributed by atoms with Crippen LogP contribution in [0.2, 0.25) is 5.02 Å². The van der Waals surface area contributed by atoms with Crippen molar-refractivity contribution >= 4 is 17.6 Å². The molecule has 8 heteroatoms. The molecular weight excluding hydrogens is 413 g/mol. The van der Waals surface area contributed by atoms with Crippen LogP contribution >= 0.6 is 11.6 Å². The first kappa shape index (κ1) is 23.9. The summed E-state index contributed by atoms with van der Waals surface area (Å²) in [6, 6.07) is 5.15. The van der Waals surface area contributed by atoms with Crippen molar-refractivity contribution in [3.63, 3.8) is 0 Å². The lowest BCUT2D eigenvalue weighted by molar-refractivity contribution is 0.0694. The van der Waals surface area contributed by atoms with Gasteiger partial charge in [-0.1, -0.05) is 25.4 Å². The number of fused-ring (bicyclic) bond motifs is 3. The summed E-state index contributed by atoms with van der Waals surface area (Å²) in [5, 5.41) is 9.79. The van der Waals surface area contributed by atoms with Gasteiger partial charge in [-0.15, -0.1) is 0 Å². The summed E-state index contributed by atoms with van der Waals surface area (Å²) in [4.78, 5) is 23.7. The first-order valence-corrected chi connectivity index (χ1v) is 10.0. The predicted octanol–water partition coefficient (Wildman–Crippen LogP) is 4.62. The Morgan fingerprint density at radius 3 is 2.60 bits per heavy atom. The fraction of sp³-hybridized carbons (Fsp3) is 0.455. The van der Waals surface area contributed by atoms with Gasteiger partial charge >= 0.3 is 5.97 Å². The van der Waals surface area contributed by atoms with E-state index in [2.05, 4.69) is 13.8 Å². The van der Waals surface area contributed by atoms with Crippen molar-refractivity contribution in [2.75, 3.05) is 27.5 Å². The zero-order valence-electron chi connectivity index (χ0n) is 17.6. The second-order valence-electron chi connectivity index (χ2n) is 7.30. The first-order chi connectivity index (χ1) is 14.3. The van der Waals surface area contributed by atoms with Gasteiger partial charge in [-0.25, -0.2) is 4.79 Å². The lowest BCUT2D eigenvalue weighted by atomic mass is 9.87. The molecule has 164 valence electrons. The summed E-state index contributed by atoms with van der Waals surface area (Å²) >= 11 is 6.42. The van der Waals surface area contributed by atoms with Gasteiger partial charge < -0.3 is 19.1 Å². The Morgan fingerprint density at radius 2 is 2.00 bits per heavy atom. The molecular formula is C22H27ClFNO5. The van der Waals surface area contributed by atoms with Gasteiger partial charge in [-0.3, -0.25) is 9.18 Å². The number of carboxylic acids is 1. The number of pyridine rings is 1. The van der Waals surface area contributed by atoms with Crippen molar-refractivity contribution in [3.05, 3.63) is 50.8 Å². The Kier molecular flexibility index (Phi) is 8.43. The number of methoxy groups -OCH3 is 1. The van der Waals surface area contributed by atoms with Crippen molar-refractivity contribution in [1.29, 1.82) is 0 Å². The molecule has 0 saturated carbocycles. The summed E-state index contributed by atoms with van der Waals surface area (Å²) < 4.78 is 22.2. The van der Waals surface area contributed by atoms with Crippen LogP contribution in [0.4, 0.5) is 4.39 Å². The molecule has 30 heavy (non-hydrogen) atoms. The lowest BCUT2D eigenvalue weighted by Gasteiger charge is -2.33. The number of nitrogens with zero attached hydrogens (tertiary/aromatic N) is 1. The molecule has 1 aliphatic heterocycles. The number of aromatic nitrogens is 1. The maximum absolute atomic E-state index is 12.3. The Hall–Kier alpha value is -2.38. The van der Waals surface area contributed by atoms with Crippen LogP contribution in [0.1, 0.15) is 42.2 Å². The van der Waals surface area contributed by atoms with Crippen molar-refractivity contribution in [2.45, 2.75) is 32.7 Å². The van der Waals surface area contributed by atoms with Crippen LogP contribution in [0.25, 0.3) is 11.3 Å². The zero-order valence-corrected chi connectivity index (χ0v) is 18.3. The molecule has 1 aliphatic rings. The van der Waals surface area contributed by atoms with Crippen molar-refractivity contribution in [3.8, 4) is 17.0 Å². The molecule has 2 heterocycles. The number of hydrogen-bond acceptors (Lipinski definition) is 4. The number of carbonyl (C=O) groups is 1. The number of alkyl halides is 1.